The first-order valence-corrected chi connectivity index (χ1v) is 11.5. The molecular weight excluding hydrogens is 434 g/mol. The number of nitrogens with one attached hydrogen (secondary N) is 1. The summed E-state index contributed by atoms with van der Waals surface area (Å²) in [4.78, 5) is 30.7. The second-order valence-electron chi connectivity index (χ2n) is 8.06. The smallest absolute Gasteiger partial charge is 0.261 e. The summed E-state index contributed by atoms with van der Waals surface area (Å²) < 4.78 is 1.71. The van der Waals surface area contributed by atoms with Crippen molar-refractivity contribution in [2.75, 3.05) is 5.32 Å². The summed E-state index contributed by atoms with van der Waals surface area (Å²) in [6, 6.07) is 22.7. The molecule has 0 spiro atoms. The summed E-state index contributed by atoms with van der Waals surface area (Å²) in [5, 5.41) is 4.03. The van der Waals surface area contributed by atoms with Crippen molar-refractivity contribution >= 4 is 34.1 Å². The van der Waals surface area contributed by atoms with Gasteiger partial charge in [-0.05, 0) is 54.3 Å². The highest BCUT2D eigenvalue weighted by Gasteiger charge is 2.13. The lowest BCUT2D eigenvalue weighted by Crippen LogP contribution is -2.26. The van der Waals surface area contributed by atoms with Gasteiger partial charge in [-0.3, -0.25) is 14.2 Å². The van der Waals surface area contributed by atoms with Crippen molar-refractivity contribution in [1.82, 2.24) is 9.55 Å². The summed E-state index contributed by atoms with van der Waals surface area (Å²) >= 11 is 6.14. The number of halogens is 1. The number of hydrogen-bond acceptors (Lipinski definition) is 3. The minimum absolute atomic E-state index is 0.0898. The molecule has 3 aromatic carbocycles. The lowest BCUT2D eigenvalue weighted by Gasteiger charge is -2.14. The molecule has 33 heavy (non-hydrogen) atoms. The predicted molar refractivity (Wildman–Crippen MR) is 134 cm³/mol. The minimum atomic E-state index is -0.121. The van der Waals surface area contributed by atoms with E-state index in [0.29, 0.717) is 47.4 Å². The normalized spacial score (nSPS) is 11.0. The van der Waals surface area contributed by atoms with Gasteiger partial charge in [-0.25, -0.2) is 4.98 Å². The first-order chi connectivity index (χ1) is 16.0. The van der Waals surface area contributed by atoms with Crippen molar-refractivity contribution in [3.8, 4) is 0 Å². The van der Waals surface area contributed by atoms with Crippen LogP contribution in [0.1, 0.15) is 36.7 Å². The van der Waals surface area contributed by atoms with Crippen LogP contribution < -0.4 is 10.9 Å². The summed E-state index contributed by atoms with van der Waals surface area (Å²) in [6.07, 6.45) is 2.61. The fraction of sp³-hybridized carbons (Fsp3) is 0.222. The number of nitrogens with zero attached hydrogens (tertiary/aromatic N) is 2. The van der Waals surface area contributed by atoms with Gasteiger partial charge in [0.2, 0.25) is 5.91 Å². The number of benzene rings is 3. The van der Waals surface area contributed by atoms with Crippen molar-refractivity contribution in [1.29, 1.82) is 0 Å². The highest BCUT2D eigenvalue weighted by molar-refractivity contribution is 6.30. The Hall–Kier alpha value is -3.44. The van der Waals surface area contributed by atoms with Gasteiger partial charge in [0.05, 0.1) is 17.4 Å². The van der Waals surface area contributed by atoms with E-state index in [9.17, 15) is 9.59 Å². The molecule has 4 aromatic rings. The van der Waals surface area contributed by atoms with Gasteiger partial charge in [-0.1, -0.05) is 61.0 Å². The van der Waals surface area contributed by atoms with Gasteiger partial charge in [-0.15, -0.1) is 0 Å². The van der Waals surface area contributed by atoms with Crippen LogP contribution in [-0.2, 0) is 24.2 Å². The first kappa shape index (κ1) is 22.7. The second kappa shape index (κ2) is 10.5. The van der Waals surface area contributed by atoms with Crippen LogP contribution in [0.4, 0.5) is 5.69 Å². The average Bonchev–Trinajstić information content (AvgIpc) is 2.81. The summed E-state index contributed by atoms with van der Waals surface area (Å²) in [5.41, 5.74) is 3.16. The Bertz CT molecular complexity index is 1330. The third kappa shape index (κ3) is 5.68. The molecule has 0 unspecified atom stereocenters. The van der Waals surface area contributed by atoms with Gasteiger partial charge >= 0.3 is 0 Å². The van der Waals surface area contributed by atoms with Crippen LogP contribution in [0.2, 0.25) is 5.02 Å². The molecule has 0 fully saturated rings. The monoisotopic (exact) mass is 459 g/mol. The largest absolute Gasteiger partial charge is 0.326 e. The molecule has 1 heterocycles. The number of hydrogen-bond donors (Lipinski definition) is 1. The van der Waals surface area contributed by atoms with Crippen molar-refractivity contribution in [2.24, 2.45) is 0 Å². The molecular formula is C27H26ClN3O2. The Labute approximate surface area is 198 Å². The van der Waals surface area contributed by atoms with E-state index in [2.05, 4.69) is 12.2 Å². The maximum atomic E-state index is 13.4. The summed E-state index contributed by atoms with van der Waals surface area (Å²) in [6.45, 7) is 2.46. The molecule has 1 aromatic heterocycles. The number of anilines is 1. The molecule has 0 saturated heterocycles. The lowest BCUT2D eigenvalue weighted by atomic mass is 10.1. The van der Waals surface area contributed by atoms with Crippen LogP contribution in [0.5, 0.6) is 0 Å². The average molecular weight is 460 g/mol. The number of amides is 1. The Kier molecular flexibility index (Phi) is 7.20. The molecule has 6 heteroatoms. The number of carbonyl (C=O) groups excluding carboxylic acids is 1. The van der Waals surface area contributed by atoms with E-state index in [1.54, 1.807) is 22.8 Å². The Morgan fingerprint density at radius 2 is 1.76 bits per heavy atom. The van der Waals surface area contributed by atoms with Gasteiger partial charge in [0.25, 0.3) is 5.56 Å². The van der Waals surface area contributed by atoms with Crippen molar-refractivity contribution in [3.05, 3.63) is 105 Å². The highest BCUT2D eigenvalue weighted by atomic mass is 35.5. The van der Waals surface area contributed by atoms with Crippen LogP contribution >= 0.6 is 11.6 Å². The molecule has 0 aliphatic carbocycles. The zero-order valence-corrected chi connectivity index (χ0v) is 19.3. The summed E-state index contributed by atoms with van der Waals surface area (Å²) in [7, 11) is 0. The zero-order chi connectivity index (χ0) is 23.2. The van der Waals surface area contributed by atoms with Gasteiger partial charge in [0.15, 0.2) is 0 Å². The van der Waals surface area contributed by atoms with Crippen LogP contribution in [0.3, 0.4) is 0 Å². The number of aromatic nitrogens is 2. The number of carbonyl (C=O) groups is 1. The molecule has 0 radical (unpaired) electrons. The van der Waals surface area contributed by atoms with E-state index in [4.69, 9.17) is 16.6 Å². The standard InChI is InChI=1S/C27H26ClN3O2/c1-2-7-25-30-24-14-13-22(29-26(32)15-12-19-8-4-3-5-9-19)17-23(24)27(33)31(25)18-20-10-6-11-21(28)16-20/h3-6,8-11,13-14,16-17H,2,7,12,15,18H2,1H3,(H,29,32). The molecule has 0 atom stereocenters. The van der Waals surface area contributed by atoms with Crippen LogP contribution in [0, 0.1) is 0 Å². The molecule has 0 bridgehead atoms. The molecule has 1 N–H and O–H groups in total. The number of rotatable bonds is 8. The van der Waals surface area contributed by atoms with Crippen molar-refractivity contribution in [3.63, 3.8) is 0 Å². The highest BCUT2D eigenvalue weighted by Crippen LogP contribution is 2.18. The van der Waals surface area contributed by atoms with E-state index < -0.39 is 0 Å². The van der Waals surface area contributed by atoms with E-state index >= 15 is 0 Å². The first-order valence-electron chi connectivity index (χ1n) is 11.1. The Balaban J connectivity index is 1.60. The van der Waals surface area contributed by atoms with Crippen molar-refractivity contribution in [2.45, 2.75) is 39.2 Å². The molecule has 4 rings (SSSR count). The van der Waals surface area contributed by atoms with Gasteiger partial charge < -0.3 is 5.32 Å². The van der Waals surface area contributed by atoms with Crippen LogP contribution in [-0.4, -0.2) is 15.5 Å². The van der Waals surface area contributed by atoms with Gasteiger partial charge in [-0.2, -0.15) is 0 Å². The lowest BCUT2D eigenvalue weighted by molar-refractivity contribution is -0.116. The maximum Gasteiger partial charge on any atom is 0.261 e. The molecule has 0 saturated carbocycles. The molecule has 168 valence electrons. The number of fused-ring (bicyclic) bond motifs is 1. The Morgan fingerprint density at radius 1 is 0.970 bits per heavy atom. The molecule has 1 amide bonds. The van der Waals surface area contributed by atoms with E-state index in [-0.39, 0.29) is 11.5 Å². The second-order valence-corrected chi connectivity index (χ2v) is 8.50. The van der Waals surface area contributed by atoms with E-state index in [1.165, 1.54) is 0 Å². The third-order valence-corrected chi connectivity index (χ3v) is 5.74. The summed E-state index contributed by atoms with van der Waals surface area (Å²) in [5.74, 6) is 0.655. The topological polar surface area (TPSA) is 64.0 Å². The van der Waals surface area contributed by atoms with Crippen LogP contribution in [0.25, 0.3) is 10.9 Å². The predicted octanol–water partition coefficient (Wildman–Crippen LogP) is 5.62. The van der Waals surface area contributed by atoms with Gasteiger partial charge in [0.1, 0.15) is 5.82 Å². The van der Waals surface area contributed by atoms with E-state index in [1.807, 2.05) is 54.6 Å². The third-order valence-electron chi connectivity index (χ3n) is 5.50. The molecule has 0 aliphatic heterocycles. The molecule has 5 nitrogen and oxygen atoms in total. The maximum absolute atomic E-state index is 13.4. The van der Waals surface area contributed by atoms with E-state index in [0.717, 1.165) is 23.4 Å². The Morgan fingerprint density at radius 3 is 2.52 bits per heavy atom. The quantitative estimate of drug-likeness (QED) is 0.372. The molecule has 0 aliphatic rings. The number of aryl methyl sites for hydroxylation is 2. The van der Waals surface area contributed by atoms with Gasteiger partial charge in [0, 0.05) is 23.6 Å². The SMILES string of the molecule is CCCc1nc2ccc(NC(=O)CCc3ccccc3)cc2c(=O)n1Cc1cccc(Cl)c1. The zero-order valence-electron chi connectivity index (χ0n) is 18.6. The minimum Gasteiger partial charge on any atom is -0.326 e. The fourth-order valence-electron chi connectivity index (χ4n) is 3.87. The fourth-order valence-corrected chi connectivity index (χ4v) is 4.08. The van der Waals surface area contributed by atoms with Crippen molar-refractivity contribution < 1.29 is 4.79 Å². The van der Waals surface area contributed by atoms with Crippen LogP contribution in [0.15, 0.2) is 77.6 Å².